The number of nitrogens with zero attached hydrogens (tertiary/aromatic N) is 4. The molecule has 5 nitrogen and oxygen atoms in total. The van der Waals surface area contributed by atoms with Crippen molar-refractivity contribution in [3.63, 3.8) is 0 Å². The van der Waals surface area contributed by atoms with Crippen molar-refractivity contribution in [3.8, 4) is 6.07 Å². The molecular weight excluding hydrogens is 288 g/mol. The second kappa shape index (κ2) is 5.84. The van der Waals surface area contributed by atoms with Gasteiger partial charge in [-0.05, 0) is 43.7 Å². The molecule has 2 atom stereocenters. The third-order valence-corrected chi connectivity index (χ3v) is 5.67. The van der Waals surface area contributed by atoms with Crippen molar-refractivity contribution in [1.82, 2.24) is 9.88 Å². The number of anilines is 1. The molecule has 5 heteroatoms. The van der Waals surface area contributed by atoms with Crippen LogP contribution in [0.5, 0.6) is 0 Å². The summed E-state index contributed by atoms with van der Waals surface area (Å²) >= 11 is 0. The van der Waals surface area contributed by atoms with Gasteiger partial charge in [-0.3, -0.25) is 4.79 Å². The van der Waals surface area contributed by atoms with Crippen LogP contribution in [0.1, 0.15) is 37.7 Å². The van der Waals surface area contributed by atoms with Crippen LogP contribution in [-0.4, -0.2) is 41.5 Å². The lowest BCUT2D eigenvalue weighted by molar-refractivity contribution is -0.141. The summed E-state index contributed by atoms with van der Waals surface area (Å²) in [6, 6.07) is 6.04. The van der Waals surface area contributed by atoms with E-state index >= 15 is 0 Å². The summed E-state index contributed by atoms with van der Waals surface area (Å²) in [6.07, 6.45) is 7.64. The maximum atomic E-state index is 12.8. The van der Waals surface area contributed by atoms with Crippen molar-refractivity contribution in [2.24, 2.45) is 11.8 Å². The van der Waals surface area contributed by atoms with Crippen molar-refractivity contribution < 1.29 is 4.79 Å². The zero-order valence-corrected chi connectivity index (χ0v) is 13.3. The topological polar surface area (TPSA) is 60.2 Å². The number of aromatic nitrogens is 1. The summed E-state index contributed by atoms with van der Waals surface area (Å²) in [5.41, 5.74) is 0.629. The van der Waals surface area contributed by atoms with Crippen molar-refractivity contribution in [1.29, 1.82) is 5.26 Å². The average Bonchev–Trinajstić information content (AvgIpc) is 2.83. The number of hydrogen-bond acceptors (Lipinski definition) is 4. The Morgan fingerprint density at radius 1 is 1.26 bits per heavy atom. The Kier molecular flexibility index (Phi) is 3.68. The van der Waals surface area contributed by atoms with Crippen molar-refractivity contribution >= 4 is 11.7 Å². The first-order valence-corrected chi connectivity index (χ1v) is 8.66. The molecule has 2 bridgehead atoms. The number of carbonyl (C=O) groups is 1. The summed E-state index contributed by atoms with van der Waals surface area (Å²) in [5.74, 6) is 1.97. The predicted octanol–water partition coefficient (Wildman–Crippen LogP) is 2.18. The molecule has 3 saturated heterocycles. The molecule has 5 rings (SSSR count). The van der Waals surface area contributed by atoms with E-state index in [1.807, 2.05) is 6.07 Å². The van der Waals surface area contributed by atoms with E-state index in [4.69, 9.17) is 5.26 Å². The van der Waals surface area contributed by atoms with E-state index < -0.39 is 0 Å². The fraction of sp³-hybridized carbons (Fsp3) is 0.611. The Labute approximate surface area is 136 Å². The minimum absolute atomic E-state index is 0.0846. The highest BCUT2D eigenvalue weighted by molar-refractivity contribution is 5.81. The van der Waals surface area contributed by atoms with Crippen LogP contribution in [0.2, 0.25) is 0 Å². The Morgan fingerprint density at radius 2 is 2.13 bits per heavy atom. The number of piperidine rings is 1. The van der Waals surface area contributed by atoms with Gasteiger partial charge in [-0.2, -0.15) is 5.26 Å². The SMILES string of the molecule is N#Cc1ccnc(N2C[C@@H]3CC[C@H](C2)N(CC2CCC2)C3=O)c1. The smallest absolute Gasteiger partial charge is 0.227 e. The Morgan fingerprint density at radius 3 is 2.87 bits per heavy atom. The van der Waals surface area contributed by atoms with Crippen LogP contribution in [0.3, 0.4) is 0 Å². The molecule has 0 spiro atoms. The predicted molar refractivity (Wildman–Crippen MR) is 86.7 cm³/mol. The summed E-state index contributed by atoms with van der Waals surface area (Å²) in [7, 11) is 0. The van der Waals surface area contributed by atoms with E-state index in [1.165, 1.54) is 19.3 Å². The number of carbonyl (C=O) groups excluding carboxylic acids is 1. The van der Waals surface area contributed by atoms with Gasteiger partial charge in [0.05, 0.1) is 17.6 Å². The highest BCUT2D eigenvalue weighted by atomic mass is 16.2. The van der Waals surface area contributed by atoms with Crippen LogP contribution >= 0.6 is 0 Å². The number of rotatable bonds is 3. The van der Waals surface area contributed by atoms with Gasteiger partial charge in [0.1, 0.15) is 5.82 Å². The zero-order chi connectivity index (χ0) is 15.8. The lowest BCUT2D eigenvalue weighted by Crippen LogP contribution is -2.50. The van der Waals surface area contributed by atoms with Gasteiger partial charge in [0, 0.05) is 31.9 Å². The van der Waals surface area contributed by atoms with Crippen LogP contribution in [0, 0.1) is 23.2 Å². The monoisotopic (exact) mass is 310 g/mol. The zero-order valence-electron chi connectivity index (χ0n) is 13.3. The fourth-order valence-electron chi connectivity index (χ4n) is 4.08. The molecule has 4 fully saturated rings. The Balaban J connectivity index is 1.56. The maximum absolute atomic E-state index is 12.8. The first-order valence-electron chi connectivity index (χ1n) is 8.66. The molecule has 1 aromatic rings. The first kappa shape index (κ1) is 14.5. The number of nitriles is 1. The van der Waals surface area contributed by atoms with Gasteiger partial charge in [0.15, 0.2) is 0 Å². The molecule has 1 aromatic heterocycles. The lowest BCUT2D eigenvalue weighted by atomic mass is 9.83. The van der Waals surface area contributed by atoms with Gasteiger partial charge in [0.25, 0.3) is 0 Å². The minimum Gasteiger partial charge on any atom is -0.354 e. The van der Waals surface area contributed by atoms with E-state index in [0.717, 1.165) is 38.3 Å². The Hall–Kier alpha value is -2.09. The largest absolute Gasteiger partial charge is 0.354 e. The molecule has 0 N–H and O–H groups in total. The van der Waals surface area contributed by atoms with E-state index in [-0.39, 0.29) is 5.92 Å². The average molecular weight is 310 g/mol. The fourth-order valence-corrected chi connectivity index (χ4v) is 4.08. The molecule has 3 aliphatic heterocycles. The third kappa shape index (κ3) is 2.67. The van der Waals surface area contributed by atoms with Gasteiger partial charge in [-0.15, -0.1) is 0 Å². The highest BCUT2D eigenvalue weighted by Crippen LogP contribution is 2.34. The number of amides is 1. The van der Waals surface area contributed by atoms with Crippen LogP contribution in [0.25, 0.3) is 0 Å². The summed E-state index contributed by atoms with van der Waals surface area (Å²) in [4.78, 5) is 21.6. The number of fused-ring (bicyclic) bond motifs is 4. The molecule has 0 unspecified atom stereocenters. The van der Waals surface area contributed by atoms with Crippen LogP contribution in [0.15, 0.2) is 18.3 Å². The third-order valence-electron chi connectivity index (χ3n) is 5.67. The lowest BCUT2D eigenvalue weighted by Gasteiger charge is -2.40. The maximum Gasteiger partial charge on any atom is 0.227 e. The van der Waals surface area contributed by atoms with Crippen LogP contribution in [0.4, 0.5) is 5.82 Å². The van der Waals surface area contributed by atoms with Gasteiger partial charge in [-0.25, -0.2) is 4.98 Å². The molecular formula is C18H22N4O. The van der Waals surface area contributed by atoms with Gasteiger partial charge in [-0.1, -0.05) is 6.42 Å². The van der Waals surface area contributed by atoms with Gasteiger partial charge in [0.2, 0.25) is 5.91 Å². The molecule has 0 aromatic carbocycles. The molecule has 1 amide bonds. The van der Waals surface area contributed by atoms with E-state index in [2.05, 4.69) is 20.9 Å². The van der Waals surface area contributed by atoms with Crippen LogP contribution in [-0.2, 0) is 4.79 Å². The molecule has 23 heavy (non-hydrogen) atoms. The molecule has 120 valence electrons. The normalized spacial score (nSPS) is 27.5. The van der Waals surface area contributed by atoms with Crippen molar-refractivity contribution in [3.05, 3.63) is 23.9 Å². The van der Waals surface area contributed by atoms with Crippen LogP contribution < -0.4 is 4.90 Å². The second-order valence-electron chi connectivity index (χ2n) is 7.14. The molecule has 4 heterocycles. The quantitative estimate of drug-likeness (QED) is 0.858. The number of pyridine rings is 1. The van der Waals surface area contributed by atoms with E-state index in [0.29, 0.717) is 23.4 Å². The number of hydrogen-bond donors (Lipinski definition) is 0. The Bertz CT molecular complexity index is 649. The first-order chi connectivity index (χ1) is 11.2. The molecule has 1 aliphatic carbocycles. The van der Waals surface area contributed by atoms with Crippen molar-refractivity contribution in [2.75, 3.05) is 24.5 Å². The minimum atomic E-state index is 0.0846. The van der Waals surface area contributed by atoms with Gasteiger partial charge >= 0.3 is 0 Å². The summed E-state index contributed by atoms with van der Waals surface area (Å²) in [6.45, 7) is 2.52. The molecule has 0 radical (unpaired) electrons. The summed E-state index contributed by atoms with van der Waals surface area (Å²) < 4.78 is 0. The second-order valence-corrected chi connectivity index (χ2v) is 7.14. The van der Waals surface area contributed by atoms with E-state index in [9.17, 15) is 4.79 Å². The van der Waals surface area contributed by atoms with Gasteiger partial charge < -0.3 is 9.80 Å². The summed E-state index contributed by atoms with van der Waals surface area (Å²) in [5, 5.41) is 9.09. The highest BCUT2D eigenvalue weighted by Gasteiger charge is 2.42. The molecule has 4 aliphatic rings. The van der Waals surface area contributed by atoms with E-state index in [1.54, 1.807) is 12.3 Å². The molecule has 1 saturated carbocycles. The van der Waals surface area contributed by atoms with Crippen molar-refractivity contribution in [2.45, 2.75) is 38.1 Å². The standard InChI is InChI=1S/C18H22N4O/c19-9-14-6-7-20-17(8-14)21-11-15-4-5-16(12-21)22(18(15)23)10-13-2-1-3-13/h6-8,13,15-16H,1-5,10-12H2/t15-,16+/m0/s1.